The number of hydrogen-bond acceptors (Lipinski definition) is 6. The number of anilines is 3. The highest BCUT2D eigenvalue weighted by molar-refractivity contribution is 6.62. The van der Waals surface area contributed by atoms with Crippen molar-refractivity contribution >= 4 is 42.2 Å². The quantitative estimate of drug-likeness (QED) is 0.230. The van der Waals surface area contributed by atoms with E-state index in [0.29, 0.717) is 0 Å². The first-order chi connectivity index (χ1) is 19.7. The van der Waals surface area contributed by atoms with Crippen molar-refractivity contribution in [2.75, 3.05) is 4.90 Å². The summed E-state index contributed by atoms with van der Waals surface area (Å²) in [7, 11) is -0.958. The van der Waals surface area contributed by atoms with Crippen LogP contribution in [0.4, 0.5) is 17.1 Å². The van der Waals surface area contributed by atoms with Crippen molar-refractivity contribution in [2.24, 2.45) is 0 Å². The summed E-state index contributed by atoms with van der Waals surface area (Å²) in [6, 6.07) is 21.3. The molecular formula is C34H43B2NO5. The lowest BCUT2D eigenvalue weighted by molar-refractivity contribution is 0.00578. The van der Waals surface area contributed by atoms with Crippen molar-refractivity contribution in [3.8, 4) is 11.5 Å². The van der Waals surface area contributed by atoms with Gasteiger partial charge in [0.05, 0.1) is 33.8 Å². The summed E-state index contributed by atoms with van der Waals surface area (Å²) < 4.78 is 32.1. The zero-order valence-electron chi connectivity index (χ0n) is 26.5. The summed E-state index contributed by atoms with van der Waals surface area (Å²) in [5, 5.41) is 0. The Morgan fingerprint density at radius 2 is 1.02 bits per heavy atom. The van der Waals surface area contributed by atoms with Gasteiger partial charge in [-0.15, -0.1) is 0 Å². The third-order valence-electron chi connectivity index (χ3n) is 9.73. The van der Waals surface area contributed by atoms with Gasteiger partial charge in [0.1, 0.15) is 0 Å². The molecule has 3 heterocycles. The molecule has 0 saturated carbocycles. The van der Waals surface area contributed by atoms with Crippen LogP contribution in [-0.4, -0.2) is 36.6 Å². The lowest BCUT2D eigenvalue weighted by atomic mass is 9.78. The minimum atomic E-state index is -0.479. The Labute approximate surface area is 251 Å². The van der Waals surface area contributed by atoms with Crippen molar-refractivity contribution in [3.05, 3.63) is 66.2 Å². The summed E-state index contributed by atoms with van der Waals surface area (Å²) >= 11 is 0. The van der Waals surface area contributed by atoms with Gasteiger partial charge in [-0.25, -0.2) is 0 Å². The molecule has 0 unspecified atom stereocenters. The van der Waals surface area contributed by atoms with Crippen LogP contribution in [0.15, 0.2) is 60.7 Å². The van der Waals surface area contributed by atoms with Gasteiger partial charge in [0.15, 0.2) is 11.5 Å². The second kappa shape index (κ2) is 10.2. The Hall–Kier alpha value is -2.77. The van der Waals surface area contributed by atoms with Crippen molar-refractivity contribution < 1.29 is 23.4 Å². The Bertz CT molecular complexity index is 1370. The van der Waals surface area contributed by atoms with Gasteiger partial charge in [-0.1, -0.05) is 37.6 Å². The van der Waals surface area contributed by atoms with Crippen LogP contribution in [0.1, 0.15) is 80.7 Å². The van der Waals surface area contributed by atoms with Gasteiger partial charge in [0.2, 0.25) is 0 Å². The van der Waals surface area contributed by atoms with Crippen molar-refractivity contribution in [3.63, 3.8) is 0 Å². The van der Waals surface area contributed by atoms with Crippen LogP contribution in [0.3, 0.4) is 0 Å². The van der Waals surface area contributed by atoms with Gasteiger partial charge in [0.25, 0.3) is 0 Å². The topological polar surface area (TPSA) is 49.4 Å². The largest absolute Gasteiger partial charge is 0.494 e. The maximum Gasteiger partial charge on any atom is 0.494 e. The molecule has 6 nitrogen and oxygen atoms in total. The highest BCUT2D eigenvalue weighted by Crippen LogP contribution is 2.50. The fraction of sp³-hybridized carbons (Fsp3) is 0.471. The lowest BCUT2D eigenvalue weighted by Crippen LogP contribution is -2.41. The normalized spacial score (nSPS) is 21.2. The molecule has 0 aromatic heterocycles. The van der Waals surface area contributed by atoms with Gasteiger partial charge in [-0.2, -0.15) is 0 Å². The second-order valence-corrected chi connectivity index (χ2v) is 13.8. The molecule has 0 bridgehead atoms. The standard InChI is InChI=1S/C34H43B2NO5/c1-10-11-12-23-13-17-26(18-14-23)37-27-19-15-24(35-39-31(2,3)32(4,5)40-35)21-29(27)38-30-22-25(16-20-28(30)37)36-41-33(6,7)34(8,9)42-36/h13-22H,10-12H2,1-9H3. The minimum Gasteiger partial charge on any atom is -0.453 e. The van der Waals surface area contributed by atoms with Crippen molar-refractivity contribution in [2.45, 2.75) is 104 Å². The molecule has 3 aromatic carbocycles. The van der Waals surface area contributed by atoms with Crippen LogP contribution in [0.2, 0.25) is 0 Å². The van der Waals surface area contributed by atoms with E-state index >= 15 is 0 Å². The molecular weight excluding hydrogens is 524 g/mol. The van der Waals surface area contributed by atoms with Gasteiger partial charge in [-0.05, 0) is 121 Å². The maximum absolute atomic E-state index is 6.65. The minimum absolute atomic E-state index is 0.426. The lowest BCUT2D eigenvalue weighted by Gasteiger charge is -2.33. The summed E-state index contributed by atoms with van der Waals surface area (Å²) in [5.74, 6) is 1.49. The van der Waals surface area contributed by atoms with Crippen LogP contribution in [0.25, 0.3) is 0 Å². The molecule has 3 aromatic rings. The first kappa shape index (κ1) is 29.3. The fourth-order valence-electron chi connectivity index (χ4n) is 5.56. The van der Waals surface area contributed by atoms with Gasteiger partial charge >= 0.3 is 14.2 Å². The van der Waals surface area contributed by atoms with Gasteiger partial charge in [-0.3, -0.25) is 0 Å². The van der Waals surface area contributed by atoms with E-state index in [0.717, 1.165) is 45.9 Å². The molecule has 2 fully saturated rings. The Balaban J connectivity index is 1.40. The molecule has 3 aliphatic rings. The summed E-state index contributed by atoms with van der Waals surface area (Å²) in [6.07, 6.45) is 3.45. The zero-order valence-corrected chi connectivity index (χ0v) is 26.5. The van der Waals surface area contributed by atoms with Crippen LogP contribution in [0, 0.1) is 0 Å². The predicted octanol–water partition coefficient (Wildman–Crippen LogP) is 7.20. The predicted molar refractivity (Wildman–Crippen MR) is 171 cm³/mol. The number of nitrogens with zero attached hydrogens (tertiary/aromatic N) is 1. The van der Waals surface area contributed by atoms with Crippen LogP contribution in [-0.2, 0) is 25.0 Å². The first-order valence-corrected chi connectivity index (χ1v) is 15.3. The van der Waals surface area contributed by atoms with E-state index in [1.165, 1.54) is 18.4 Å². The van der Waals surface area contributed by atoms with E-state index in [1.54, 1.807) is 0 Å². The molecule has 0 spiro atoms. The Kier molecular flexibility index (Phi) is 7.09. The fourth-order valence-corrected chi connectivity index (χ4v) is 5.56. The average Bonchev–Trinajstić information content (AvgIpc) is 3.29. The number of fused-ring (bicyclic) bond motifs is 2. The number of benzene rings is 3. The monoisotopic (exact) mass is 567 g/mol. The number of hydrogen-bond donors (Lipinski definition) is 0. The average molecular weight is 567 g/mol. The molecule has 2 saturated heterocycles. The Morgan fingerprint density at radius 3 is 1.43 bits per heavy atom. The number of aryl methyl sites for hydroxylation is 1. The summed E-state index contributed by atoms with van der Waals surface area (Å²) in [4.78, 5) is 2.26. The van der Waals surface area contributed by atoms with E-state index < -0.39 is 36.6 Å². The van der Waals surface area contributed by atoms with Crippen molar-refractivity contribution in [1.29, 1.82) is 0 Å². The van der Waals surface area contributed by atoms with Crippen LogP contribution in [0.5, 0.6) is 11.5 Å². The molecule has 0 aliphatic carbocycles. The third kappa shape index (κ3) is 4.96. The van der Waals surface area contributed by atoms with E-state index in [-0.39, 0.29) is 0 Å². The summed E-state index contributed by atoms with van der Waals surface area (Å²) in [6.45, 7) is 18.8. The molecule has 3 aliphatic heterocycles. The first-order valence-electron chi connectivity index (χ1n) is 15.3. The molecule has 42 heavy (non-hydrogen) atoms. The summed E-state index contributed by atoms with van der Waals surface area (Å²) in [5.41, 5.74) is 4.50. The van der Waals surface area contributed by atoms with Crippen LogP contribution < -0.4 is 20.6 Å². The molecule has 8 heteroatoms. The van der Waals surface area contributed by atoms with Crippen LogP contribution >= 0.6 is 0 Å². The Morgan fingerprint density at radius 1 is 0.595 bits per heavy atom. The second-order valence-electron chi connectivity index (χ2n) is 13.8. The van der Waals surface area contributed by atoms with E-state index in [4.69, 9.17) is 23.4 Å². The van der Waals surface area contributed by atoms with Crippen molar-refractivity contribution in [1.82, 2.24) is 0 Å². The molecule has 0 N–H and O–H groups in total. The van der Waals surface area contributed by atoms with Gasteiger partial charge < -0.3 is 28.3 Å². The molecule has 0 radical (unpaired) electrons. The van der Waals surface area contributed by atoms with E-state index in [2.05, 4.69) is 116 Å². The zero-order chi connectivity index (χ0) is 30.1. The molecule has 0 atom stereocenters. The van der Waals surface area contributed by atoms with E-state index in [1.807, 2.05) is 12.1 Å². The highest BCUT2D eigenvalue weighted by Gasteiger charge is 2.53. The number of rotatable bonds is 6. The number of unbranched alkanes of at least 4 members (excludes halogenated alkanes) is 1. The van der Waals surface area contributed by atoms with Gasteiger partial charge in [0, 0.05) is 5.69 Å². The maximum atomic E-state index is 6.65. The molecule has 0 amide bonds. The number of ether oxygens (including phenoxy) is 1. The smallest absolute Gasteiger partial charge is 0.453 e. The highest BCUT2D eigenvalue weighted by atomic mass is 16.7. The SMILES string of the molecule is CCCCc1ccc(N2c3ccc(B4OC(C)(C)C(C)(C)O4)cc3Oc3cc(B4OC(C)(C)C(C)(C)O4)ccc32)cc1. The molecule has 6 rings (SSSR count). The third-order valence-corrected chi connectivity index (χ3v) is 9.73. The molecule has 220 valence electrons. The van der Waals surface area contributed by atoms with E-state index in [9.17, 15) is 0 Å².